The van der Waals surface area contributed by atoms with Crippen LogP contribution >= 0.6 is 12.0 Å². The maximum Gasteiger partial charge on any atom is 0.303 e. The van der Waals surface area contributed by atoms with Gasteiger partial charge in [0.25, 0.3) is 10.1 Å². The molecule has 1 atom stereocenters. The minimum absolute atomic E-state index is 0.137. The van der Waals surface area contributed by atoms with Gasteiger partial charge in [0.2, 0.25) is 0 Å². The second-order valence-corrected chi connectivity index (χ2v) is 9.57. The molecule has 1 aliphatic heterocycles. The highest BCUT2D eigenvalue weighted by Gasteiger charge is 2.38. The number of aliphatic imine (C=N–C) groups is 1. The smallest absolute Gasteiger partial charge is 0.303 e. The zero-order valence-corrected chi connectivity index (χ0v) is 17.8. The van der Waals surface area contributed by atoms with Crippen molar-refractivity contribution in [3.8, 4) is 0 Å². The van der Waals surface area contributed by atoms with E-state index in [1.807, 2.05) is 19.9 Å². The summed E-state index contributed by atoms with van der Waals surface area (Å²) in [7, 11) is -4.45. The molecule has 0 aliphatic carbocycles. The molecule has 3 N–H and O–H groups in total. The Morgan fingerprint density at radius 1 is 1.17 bits per heavy atom. The van der Waals surface area contributed by atoms with Gasteiger partial charge in [-0.15, -0.1) is 0 Å². The van der Waals surface area contributed by atoms with Gasteiger partial charge in [-0.1, -0.05) is 25.8 Å². The van der Waals surface area contributed by atoms with Gasteiger partial charge in [-0.05, 0) is 54.3 Å². The lowest BCUT2D eigenvalue weighted by atomic mass is 9.74. The highest BCUT2D eigenvalue weighted by atomic mass is 32.2. The molecule has 156 valence electrons. The number of fused-ring (bicyclic) bond motifs is 3. The summed E-state index contributed by atoms with van der Waals surface area (Å²) in [5.74, 6) is -0.807. The lowest BCUT2D eigenvalue weighted by molar-refractivity contribution is -0.137. The van der Waals surface area contributed by atoms with E-state index >= 15 is 0 Å². The standard InChI is InChI=1S/C20H23NO6S2/c1-12-20(2,9-5-3-4-6-18(22)23)19-15-10-13(29(25,26)27)11-17(28-24)14(15)7-8-16(19)21-12/h7-8,10-11,24H,3-6,9H2,1-2H3,(H,22,23)(H,25,26,27). The number of carbonyl (C=O) groups is 1. The minimum Gasteiger partial charge on any atom is -0.481 e. The van der Waals surface area contributed by atoms with E-state index in [4.69, 9.17) is 5.11 Å². The molecular formula is C20H23NO6S2. The molecule has 1 heterocycles. The Labute approximate surface area is 173 Å². The third-order valence-electron chi connectivity index (χ3n) is 5.65. The van der Waals surface area contributed by atoms with Gasteiger partial charge in [0, 0.05) is 34.5 Å². The lowest BCUT2D eigenvalue weighted by Gasteiger charge is -2.28. The molecule has 2 aromatic carbocycles. The average molecular weight is 438 g/mol. The maximum absolute atomic E-state index is 11.8. The zero-order chi connectivity index (χ0) is 21.4. The molecule has 0 radical (unpaired) electrons. The molecule has 0 spiro atoms. The van der Waals surface area contributed by atoms with Crippen LogP contribution in [-0.4, -0.2) is 34.3 Å². The molecular weight excluding hydrogens is 414 g/mol. The van der Waals surface area contributed by atoms with E-state index in [0.29, 0.717) is 34.1 Å². The predicted molar refractivity (Wildman–Crippen MR) is 113 cm³/mol. The van der Waals surface area contributed by atoms with E-state index in [1.54, 1.807) is 6.07 Å². The van der Waals surface area contributed by atoms with Crippen molar-refractivity contribution in [2.24, 2.45) is 4.99 Å². The highest BCUT2D eigenvalue weighted by Crippen LogP contribution is 2.48. The first-order valence-electron chi connectivity index (χ1n) is 9.25. The summed E-state index contributed by atoms with van der Waals surface area (Å²) >= 11 is 0.434. The number of aliphatic carboxylic acids is 1. The Kier molecular flexibility index (Phi) is 6.05. The second-order valence-electron chi connectivity index (χ2n) is 7.53. The molecule has 7 nitrogen and oxygen atoms in total. The normalized spacial score (nSPS) is 18.7. The van der Waals surface area contributed by atoms with Crippen LogP contribution in [0.3, 0.4) is 0 Å². The second kappa shape index (κ2) is 8.06. The fourth-order valence-electron chi connectivity index (χ4n) is 3.98. The molecule has 0 fully saturated rings. The molecule has 2 aromatic rings. The van der Waals surface area contributed by atoms with Crippen LogP contribution in [0.15, 0.2) is 39.0 Å². The molecule has 9 heteroatoms. The van der Waals surface area contributed by atoms with Crippen molar-refractivity contribution in [2.45, 2.75) is 61.2 Å². The topological polar surface area (TPSA) is 124 Å². The van der Waals surface area contributed by atoms with E-state index < -0.39 is 21.5 Å². The Morgan fingerprint density at radius 3 is 2.52 bits per heavy atom. The fraction of sp³-hybridized carbons (Fsp3) is 0.400. The Morgan fingerprint density at radius 2 is 1.90 bits per heavy atom. The van der Waals surface area contributed by atoms with Crippen molar-refractivity contribution in [1.82, 2.24) is 0 Å². The number of benzene rings is 2. The molecule has 0 saturated carbocycles. The third-order valence-corrected chi connectivity index (χ3v) is 7.02. The van der Waals surface area contributed by atoms with Crippen LogP contribution in [0.1, 0.15) is 51.5 Å². The van der Waals surface area contributed by atoms with Gasteiger partial charge in [-0.2, -0.15) is 8.42 Å². The van der Waals surface area contributed by atoms with E-state index in [0.717, 1.165) is 36.2 Å². The fourth-order valence-corrected chi connectivity index (χ4v) is 5.05. The van der Waals surface area contributed by atoms with Crippen LogP contribution in [0, 0.1) is 0 Å². The molecule has 0 aromatic heterocycles. The van der Waals surface area contributed by atoms with E-state index in [-0.39, 0.29) is 11.3 Å². The SMILES string of the molecule is CC1=Nc2ccc3c(SO)cc(S(=O)(=O)O)cc3c2C1(C)CCCCCC(=O)O. The van der Waals surface area contributed by atoms with Gasteiger partial charge in [0.15, 0.2) is 0 Å². The summed E-state index contributed by atoms with van der Waals surface area (Å²) in [6.07, 6.45) is 3.03. The monoisotopic (exact) mass is 437 g/mol. The number of carboxylic acids is 1. The van der Waals surface area contributed by atoms with E-state index in [2.05, 4.69) is 4.99 Å². The average Bonchev–Trinajstić information content (AvgIpc) is 2.90. The molecule has 0 amide bonds. The quantitative estimate of drug-likeness (QED) is 0.300. The summed E-state index contributed by atoms with van der Waals surface area (Å²) in [5, 5.41) is 10.1. The maximum atomic E-state index is 11.8. The number of rotatable bonds is 8. The van der Waals surface area contributed by atoms with Crippen molar-refractivity contribution >= 4 is 50.3 Å². The highest BCUT2D eigenvalue weighted by molar-refractivity contribution is 7.94. The predicted octanol–water partition coefficient (Wildman–Crippen LogP) is 5.05. The molecule has 1 unspecified atom stereocenters. The van der Waals surface area contributed by atoms with Crippen LogP contribution in [0.2, 0.25) is 0 Å². The lowest BCUT2D eigenvalue weighted by Crippen LogP contribution is -2.27. The summed E-state index contributed by atoms with van der Waals surface area (Å²) in [5.41, 5.74) is 2.05. The molecule has 1 aliphatic rings. The van der Waals surface area contributed by atoms with Gasteiger partial charge < -0.3 is 9.66 Å². The number of carboxylic acid groups (broad SMARTS) is 1. The van der Waals surface area contributed by atoms with Crippen LogP contribution in [0.25, 0.3) is 10.8 Å². The van der Waals surface area contributed by atoms with Crippen molar-refractivity contribution in [1.29, 1.82) is 0 Å². The van der Waals surface area contributed by atoms with Gasteiger partial charge in [-0.25, -0.2) is 0 Å². The van der Waals surface area contributed by atoms with Gasteiger partial charge in [-0.3, -0.25) is 14.3 Å². The molecule has 0 saturated heterocycles. The number of hydrogen-bond acceptors (Lipinski definition) is 6. The molecule has 0 bridgehead atoms. The van der Waals surface area contributed by atoms with Gasteiger partial charge >= 0.3 is 5.97 Å². The van der Waals surface area contributed by atoms with Crippen molar-refractivity contribution in [3.05, 3.63) is 29.8 Å². The Bertz CT molecular complexity index is 1110. The van der Waals surface area contributed by atoms with Gasteiger partial charge in [0.1, 0.15) is 0 Å². The van der Waals surface area contributed by atoms with E-state index in [9.17, 15) is 22.3 Å². The number of unbranched alkanes of at least 4 members (excludes halogenated alkanes) is 2. The summed E-state index contributed by atoms with van der Waals surface area (Å²) < 4.78 is 42.7. The zero-order valence-electron chi connectivity index (χ0n) is 16.2. The minimum atomic E-state index is -4.45. The van der Waals surface area contributed by atoms with Crippen molar-refractivity contribution in [3.63, 3.8) is 0 Å². The Balaban J connectivity index is 2.07. The largest absolute Gasteiger partial charge is 0.481 e. The van der Waals surface area contributed by atoms with Crippen LogP contribution < -0.4 is 0 Å². The number of hydrogen-bond donors (Lipinski definition) is 3. The first-order valence-corrected chi connectivity index (χ1v) is 11.5. The first kappa shape index (κ1) is 21.8. The van der Waals surface area contributed by atoms with Crippen molar-refractivity contribution in [2.75, 3.05) is 0 Å². The Hall–Kier alpha value is -1.94. The van der Waals surface area contributed by atoms with Crippen LogP contribution in [-0.2, 0) is 20.3 Å². The summed E-state index contributed by atoms with van der Waals surface area (Å²) in [6, 6.07) is 6.32. The molecule has 29 heavy (non-hydrogen) atoms. The van der Waals surface area contributed by atoms with Crippen LogP contribution in [0.4, 0.5) is 5.69 Å². The third kappa shape index (κ3) is 4.18. The number of nitrogens with zero attached hydrogens (tertiary/aromatic N) is 1. The van der Waals surface area contributed by atoms with Crippen LogP contribution in [0.5, 0.6) is 0 Å². The van der Waals surface area contributed by atoms with E-state index in [1.165, 1.54) is 12.1 Å². The molecule has 3 rings (SSSR count). The summed E-state index contributed by atoms with van der Waals surface area (Å²) in [6.45, 7) is 3.97. The van der Waals surface area contributed by atoms with Crippen molar-refractivity contribution < 1.29 is 27.4 Å². The summed E-state index contributed by atoms with van der Waals surface area (Å²) in [4.78, 5) is 15.4. The first-order chi connectivity index (χ1) is 13.6. The van der Waals surface area contributed by atoms with Gasteiger partial charge in [0.05, 0.1) is 10.6 Å².